The fourth-order valence-corrected chi connectivity index (χ4v) is 2.80. The predicted molar refractivity (Wildman–Crippen MR) is 85.3 cm³/mol. The van der Waals surface area contributed by atoms with E-state index in [0.29, 0.717) is 11.4 Å². The number of carbonyl (C=O) groups excluding carboxylic acids is 1. The van der Waals surface area contributed by atoms with Crippen molar-refractivity contribution in [2.75, 3.05) is 32.7 Å². The van der Waals surface area contributed by atoms with Crippen molar-refractivity contribution >= 4 is 17.6 Å². The van der Waals surface area contributed by atoms with Crippen LogP contribution < -0.4 is 0 Å². The molecule has 0 unspecified atom stereocenters. The van der Waals surface area contributed by atoms with Gasteiger partial charge in [0.2, 0.25) is 12.0 Å². The summed E-state index contributed by atoms with van der Waals surface area (Å²) in [7, 11) is 1.15. The van der Waals surface area contributed by atoms with Crippen LogP contribution in [0.1, 0.15) is 13.3 Å². The van der Waals surface area contributed by atoms with Crippen LogP contribution >= 0.6 is 11.6 Å². The van der Waals surface area contributed by atoms with E-state index in [2.05, 4.69) is 5.29 Å². The molecule has 11 nitrogen and oxygen atoms in total. The molecule has 1 aliphatic heterocycles. The molecule has 0 aromatic carbocycles. The minimum atomic E-state index is -2.53. The van der Waals surface area contributed by atoms with Crippen LogP contribution in [0.15, 0.2) is 5.29 Å². The highest BCUT2D eigenvalue weighted by atomic mass is 35.5. The van der Waals surface area contributed by atoms with Gasteiger partial charge in [0.05, 0.1) is 18.4 Å². The van der Waals surface area contributed by atoms with Crippen LogP contribution in [-0.2, 0) is 9.47 Å². The number of hydrogen-bond acceptors (Lipinski definition) is 9. The Balaban J connectivity index is 3.28. The second-order valence-corrected chi connectivity index (χ2v) is 5.85. The fraction of sp³-hybridized carbons (Fsp3) is 0.923. The molecule has 4 N–H and O–H groups in total. The lowest BCUT2D eigenvalue weighted by Gasteiger charge is -2.52. The van der Waals surface area contributed by atoms with Crippen molar-refractivity contribution < 1.29 is 34.7 Å². The average Bonchev–Trinajstić information content (AvgIpc) is 2.62. The molecule has 0 bridgehead atoms. The lowest BCUT2D eigenvalue weighted by molar-refractivity contribution is -0.368. The topological polar surface area (TPSA) is 152 Å². The second-order valence-electron chi connectivity index (χ2n) is 5.47. The summed E-state index contributed by atoms with van der Waals surface area (Å²) in [5, 5.41) is 43.8. The van der Waals surface area contributed by atoms with Gasteiger partial charge in [-0.3, -0.25) is 4.90 Å². The number of rotatable bonds is 8. The summed E-state index contributed by atoms with van der Waals surface area (Å²) in [6.07, 6.45) is -6.14. The lowest BCUT2D eigenvalue weighted by atomic mass is 9.91. The van der Waals surface area contributed by atoms with Crippen LogP contribution in [0.4, 0.5) is 4.79 Å². The van der Waals surface area contributed by atoms with Crippen LogP contribution in [-0.4, -0.2) is 99.4 Å². The molecule has 1 aliphatic rings. The van der Waals surface area contributed by atoms with E-state index in [1.807, 2.05) is 0 Å². The number of nitroso groups, excluding NO2 is 1. The number of nitrogens with zero attached hydrogens (tertiary/aromatic N) is 3. The van der Waals surface area contributed by atoms with Crippen molar-refractivity contribution in [3.63, 3.8) is 0 Å². The van der Waals surface area contributed by atoms with E-state index in [1.165, 1.54) is 0 Å². The van der Waals surface area contributed by atoms with Crippen molar-refractivity contribution in [1.29, 1.82) is 0 Å². The van der Waals surface area contributed by atoms with Crippen molar-refractivity contribution in [2.24, 2.45) is 5.29 Å². The first-order chi connectivity index (χ1) is 11.8. The molecule has 2 amide bonds. The van der Waals surface area contributed by atoms with Gasteiger partial charge >= 0.3 is 6.03 Å². The molecular formula is C13H24ClN3O8. The van der Waals surface area contributed by atoms with Gasteiger partial charge in [0.15, 0.2) is 0 Å². The van der Waals surface area contributed by atoms with E-state index in [-0.39, 0.29) is 19.0 Å². The van der Waals surface area contributed by atoms with Gasteiger partial charge in [-0.25, -0.2) is 4.79 Å². The summed E-state index contributed by atoms with van der Waals surface area (Å²) in [5.41, 5.74) is -2.53. The SMILES string of the molecule is CCCN(C(=O)N(CCCl)N=O)[C@@]1(O)[C@@H](OC)O[C@H](CO)[C@@H](O)[C@@H]1O. The first-order valence-electron chi connectivity index (χ1n) is 7.69. The molecule has 1 saturated heterocycles. The molecule has 1 fully saturated rings. The normalized spacial score (nSPS) is 32.3. The number of alkyl halides is 1. The summed E-state index contributed by atoms with van der Waals surface area (Å²) >= 11 is 5.53. The van der Waals surface area contributed by atoms with Crippen molar-refractivity contribution in [3.05, 3.63) is 4.91 Å². The molecule has 0 aromatic rings. The zero-order chi connectivity index (χ0) is 19.2. The van der Waals surface area contributed by atoms with Gasteiger partial charge in [0.25, 0.3) is 0 Å². The molecular weight excluding hydrogens is 362 g/mol. The van der Waals surface area contributed by atoms with E-state index < -0.39 is 43.0 Å². The Morgan fingerprint density at radius 2 is 2.04 bits per heavy atom. The highest BCUT2D eigenvalue weighted by Gasteiger charge is 2.60. The summed E-state index contributed by atoms with van der Waals surface area (Å²) in [6.45, 7) is 0.704. The second kappa shape index (κ2) is 9.57. The zero-order valence-electron chi connectivity index (χ0n) is 14.0. The first kappa shape index (κ1) is 22.0. The van der Waals surface area contributed by atoms with Crippen LogP contribution in [0, 0.1) is 4.91 Å². The standard InChI is InChI=1S/C13H24ClN3O8/c1-3-5-16(12(21)17(15-23)6-4-14)13(22)10(20)9(19)8(7-18)25-11(13)24-2/h8-11,18-20,22H,3-7H2,1-2H3/t8-,9-,10+,11+,13+/m1/s1. The van der Waals surface area contributed by atoms with Gasteiger partial charge in [-0.15, -0.1) is 16.5 Å². The molecule has 0 aliphatic carbocycles. The summed E-state index contributed by atoms with van der Waals surface area (Å²) in [4.78, 5) is 24.3. The van der Waals surface area contributed by atoms with Gasteiger partial charge in [0.1, 0.15) is 18.3 Å². The Hall–Kier alpha value is -1.08. The Morgan fingerprint density at radius 3 is 2.48 bits per heavy atom. The number of ether oxygens (including phenoxy) is 2. The van der Waals surface area contributed by atoms with Crippen molar-refractivity contribution in [3.8, 4) is 0 Å². The third-order valence-electron chi connectivity index (χ3n) is 3.91. The summed E-state index contributed by atoms with van der Waals surface area (Å²) in [5.74, 6) is -0.0855. The number of methoxy groups -OCH3 is 1. The number of aliphatic hydroxyl groups is 4. The highest BCUT2D eigenvalue weighted by molar-refractivity contribution is 6.18. The monoisotopic (exact) mass is 385 g/mol. The number of aliphatic hydroxyl groups excluding tert-OH is 3. The van der Waals surface area contributed by atoms with Crippen molar-refractivity contribution in [2.45, 2.75) is 43.7 Å². The molecule has 1 rings (SSSR count). The van der Waals surface area contributed by atoms with Crippen LogP contribution in [0.5, 0.6) is 0 Å². The minimum absolute atomic E-state index is 0.0855. The van der Waals surface area contributed by atoms with Gasteiger partial charge < -0.3 is 29.9 Å². The van der Waals surface area contributed by atoms with E-state index >= 15 is 0 Å². The fourth-order valence-electron chi connectivity index (χ4n) is 2.64. The summed E-state index contributed by atoms with van der Waals surface area (Å²) < 4.78 is 10.3. The van der Waals surface area contributed by atoms with E-state index in [0.717, 1.165) is 12.0 Å². The maximum absolute atomic E-state index is 12.6. The molecule has 1 heterocycles. The Morgan fingerprint density at radius 1 is 1.40 bits per heavy atom. The Kier molecular flexibility index (Phi) is 8.41. The summed E-state index contributed by atoms with van der Waals surface area (Å²) in [6, 6.07) is -1.04. The predicted octanol–water partition coefficient (Wildman–Crippen LogP) is -1.19. The van der Waals surface area contributed by atoms with Crippen LogP contribution in [0.3, 0.4) is 0 Å². The van der Waals surface area contributed by atoms with E-state index in [1.54, 1.807) is 6.92 Å². The molecule has 0 radical (unpaired) electrons. The molecule has 5 atom stereocenters. The average molecular weight is 386 g/mol. The van der Waals surface area contributed by atoms with Gasteiger partial charge in [-0.1, -0.05) is 6.92 Å². The minimum Gasteiger partial charge on any atom is -0.394 e. The maximum Gasteiger partial charge on any atom is 0.345 e. The van der Waals surface area contributed by atoms with Crippen LogP contribution in [0.2, 0.25) is 0 Å². The van der Waals surface area contributed by atoms with E-state index in [9.17, 15) is 30.1 Å². The number of halogens is 1. The molecule has 146 valence electrons. The Labute approximate surface area is 149 Å². The molecule has 0 aromatic heterocycles. The van der Waals surface area contributed by atoms with E-state index in [4.69, 9.17) is 21.1 Å². The number of urea groups is 1. The molecule has 0 saturated carbocycles. The number of amides is 2. The number of carbonyl (C=O) groups is 1. The van der Waals surface area contributed by atoms with Crippen molar-refractivity contribution in [1.82, 2.24) is 9.91 Å². The first-order valence-corrected chi connectivity index (χ1v) is 8.22. The molecule has 12 heteroatoms. The van der Waals surface area contributed by atoms with Gasteiger partial charge in [-0.2, -0.15) is 5.01 Å². The Bertz CT molecular complexity index is 455. The van der Waals surface area contributed by atoms with Gasteiger partial charge in [-0.05, 0) is 6.42 Å². The molecule has 25 heavy (non-hydrogen) atoms. The highest BCUT2D eigenvalue weighted by Crippen LogP contribution is 2.34. The third-order valence-corrected chi connectivity index (χ3v) is 4.07. The maximum atomic E-state index is 12.6. The third kappa shape index (κ3) is 4.19. The largest absolute Gasteiger partial charge is 0.394 e. The molecule has 0 spiro atoms. The zero-order valence-corrected chi connectivity index (χ0v) is 14.7. The number of hydrogen-bond donors (Lipinski definition) is 4. The smallest absolute Gasteiger partial charge is 0.345 e. The van der Waals surface area contributed by atoms with Gasteiger partial charge in [0, 0.05) is 19.5 Å². The lowest BCUT2D eigenvalue weighted by Crippen LogP contribution is -2.75. The quantitative estimate of drug-likeness (QED) is 0.176. The van der Waals surface area contributed by atoms with Crippen LogP contribution in [0.25, 0.3) is 0 Å².